The highest BCUT2D eigenvalue weighted by Gasteiger charge is 2.37. The lowest BCUT2D eigenvalue weighted by molar-refractivity contribution is -0.137. The summed E-state index contributed by atoms with van der Waals surface area (Å²) in [6, 6.07) is 4.82. The van der Waals surface area contributed by atoms with Crippen molar-refractivity contribution < 1.29 is 21.6 Å². The molecular formula is C17H17F3N6O2S. The largest absolute Gasteiger partial charge is 0.421 e. The van der Waals surface area contributed by atoms with E-state index in [0.717, 1.165) is 23.1 Å². The lowest BCUT2D eigenvalue weighted by Gasteiger charge is -2.14. The molecule has 8 nitrogen and oxygen atoms in total. The summed E-state index contributed by atoms with van der Waals surface area (Å²) in [7, 11) is -3.59. The number of benzene rings is 1. The molecule has 0 spiro atoms. The summed E-state index contributed by atoms with van der Waals surface area (Å²) in [4.78, 5) is 7.77. The molecule has 4 rings (SSSR count). The van der Waals surface area contributed by atoms with Crippen molar-refractivity contribution in [3.05, 3.63) is 36.2 Å². The van der Waals surface area contributed by atoms with Crippen LogP contribution in [0.2, 0.25) is 0 Å². The molecular weight excluding hydrogens is 409 g/mol. The summed E-state index contributed by atoms with van der Waals surface area (Å²) in [6.45, 7) is 1.51. The van der Waals surface area contributed by atoms with E-state index in [1.807, 2.05) is 0 Å². The molecule has 154 valence electrons. The molecule has 1 fully saturated rings. The number of fused-ring (bicyclic) bond motifs is 1. The van der Waals surface area contributed by atoms with Crippen molar-refractivity contribution in [2.24, 2.45) is 0 Å². The van der Waals surface area contributed by atoms with Crippen molar-refractivity contribution in [1.29, 1.82) is 0 Å². The fourth-order valence-electron chi connectivity index (χ4n) is 2.78. The van der Waals surface area contributed by atoms with Crippen LogP contribution in [-0.4, -0.2) is 39.4 Å². The standard InChI is InChI=1S/C17H17F3N6O2S/c1-2-29(27,28)26-14-5-3-4-13(11(14)8-22-26)24-16-21-9-12(17(18,19)20)15(25-16)23-10-6-7-10/h3-5,8-10H,2,6-7H2,1H3,(H2,21,23,24,25). The molecule has 0 saturated heterocycles. The van der Waals surface area contributed by atoms with E-state index in [1.165, 1.54) is 13.1 Å². The average Bonchev–Trinajstić information content (AvgIpc) is 3.35. The molecule has 1 aromatic carbocycles. The fourth-order valence-corrected chi connectivity index (χ4v) is 3.68. The highest BCUT2D eigenvalue weighted by molar-refractivity contribution is 7.89. The maximum Gasteiger partial charge on any atom is 0.421 e. The quantitative estimate of drug-likeness (QED) is 0.623. The van der Waals surface area contributed by atoms with Gasteiger partial charge in [0.2, 0.25) is 5.95 Å². The van der Waals surface area contributed by atoms with Crippen molar-refractivity contribution in [2.75, 3.05) is 16.4 Å². The number of nitrogens with one attached hydrogen (secondary N) is 2. The highest BCUT2D eigenvalue weighted by Crippen LogP contribution is 2.36. The predicted octanol–water partition coefficient (Wildman–Crippen LogP) is 3.36. The maximum atomic E-state index is 13.2. The van der Waals surface area contributed by atoms with Gasteiger partial charge in [0.05, 0.1) is 23.2 Å². The first-order chi connectivity index (χ1) is 13.7. The van der Waals surface area contributed by atoms with Gasteiger partial charge in [-0.3, -0.25) is 0 Å². The van der Waals surface area contributed by atoms with Crippen LogP contribution in [0, 0.1) is 0 Å². The van der Waals surface area contributed by atoms with Crippen molar-refractivity contribution >= 4 is 38.4 Å². The summed E-state index contributed by atoms with van der Waals surface area (Å²) < 4.78 is 65.0. The molecule has 1 saturated carbocycles. The van der Waals surface area contributed by atoms with Gasteiger partial charge in [0.15, 0.2) is 0 Å². The lowest BCUT2D eigenvalue weighted by atomic mass is 10.2. The van der Waals surface area contributed by atoms with Crippen LogP contribution in [0.25, 0.3) is 10.9 Å². The van der Waals surface area contributed by atoms with Gasteiger partial charge in [-0.2, -0.15) is 27.3 Å². The van der Waals surface area contributed by atoms with Gasteiger partial charge in [0.25, 0.3) is 10.0 Å². The molecule has 29 heavy (non-hydrogen) atoms. The van der Waals surface area contributed by atoms with Gasteiger partial charge >= 0.3 is 6.18 Å². The Morgan fingerprint density at radius 1 is 1.24 bits per heavy atom. The Labute approximate surface area is 164 Å². The summed E-state index contributed by atoms with van der Waals surface area (Å²) in [6.07, 6.45) is -0.905. The third kappa shape index (κ3) is 3.84. The minimum Gasteiger partial charge on any atom is -0.367 e. The van der Waals surface area contributed by atoms with Crippen molar-refractivity contribution in [1.82, 2.24) is 19.2 Å². The number of rotatable bonds is 6. The van der Waals surface area contributed by atoms with Gasteiger partial charge in [-0.05, 0) is 31.9 Å². The Kier molecular flexibility index (Phi) is 4.60. The van der Waals surface area contributed by atoms with Crippen LogP contribution in [-0.2, 0) is 16.2 Å². The lowest BCUT2D eigenvalue weighted by Crippen LogP contribution is -2.16. The fraction of sp³-hybridized carbons (Fsp3) is 0.353. The molecule has 0 aliphatic heterocycles. The molecule has 12 heteroatoms. The number of anilines is 3. The molecule has 0 atom stereocenters. The molecule has 1 aliphatic rings. The summed E-state index contributed by atoms with van der Waals surface area (Å²) >= 11 is 0. The van der Waals surface area contributed by atoms with Crippen molar-refractivity contribution in [2.45, 2.75) is 32.0 Å². The number of hydrogen-bond donors (Lipinski definition) is 2. The SMILES string of the molecule is CCS(=O)(=O)n1ncc2c(Nc3ncc(C(F)(F)F)c(NC4CC4)n3)cccc21. The smallest absolute Gasteiger partial charge is 0.367 e. The van der Waals surface area contributed by atoms with Gasteiger partial charge in [-0.25, -0.2) is 13.4 Å². The Hall–Kier alpha value is -2.89. The van der Waals surface area contributed by atoms with Crippen LogP contribution < -0.4 is 10.6 Å². The summed E-state index contributed by atoms with van der Waals surface area (Å²) in [5.41, 5.74) is -0.160. The highest BCUT2D eigenvalue weighted by atomic mass is 32.2. The zero-order valence-corrected chi connectivity index (χ0v) is 16.0. The first-order valence-electron chi connectivity index (χ1n) is 8.87. The predicted molar refractivity (Wildman–Crippen MR) is 102 cm³/mol. The third-order valence-electron chi connectivity index (χ3n) is 4.47. The summed E-state index contributed by atoms with van der Waals surface area (Å²) in [5.74, 6) is -0.451. The topological polar surface area (TPSA) is 102 Å². The molecule has 0 radical (unpaired) electrons. The van der Waals surface area contributed by atoms with E-state index in [-0.39, 0.29) is 23.6 Å². The van der Waals surface area contributed by atoms with Gasteiger partial charge < -0.3 is 10.6 Å². The molecule has 0 unspecified atom stereocenters. The van der Waals surface area contributed by atoms with Crippen LogP contribution in [0.1, 0.15) is 25.3 Å². The normalized spacial score (nSPS) is 14.9. The maximum absolute atomic E-state index is 13.2. The molecule has 3 aromatic rings. The summed E-state index contributed by atoms with van der Waals surface area (Å²) in [5, 5.41) is 10.1. The Morgan fingerprint density at radius 3 is 2.66 bits per heavy atom. The average molecular weight is 426 g/mol. The minimum atomic E-state index is -4.58. The third-order valence-corrected chi connectivity index (χ3v) is 6.02. The Bertz CT molecular complexity index is 1170. The van der Waals surface area contributed by atoms with Gasteiger partial charge in [0, 0.05) is 17.6 Å². The first kappa shape index (κ1) is 19.4. The zero-order valence-electron chi connectivity index (χ0n) is 15.2. The second-order valence-electron chi connectivity index (χ2n) is 6.62. The van der Waals surface area contributed by atoms with E-state index >= 15 is 0 Å². The van der Waals surface area contributed by atoms with Crippen molar-refractivity contribution in [3.8, 4) is 0 Å². The van der Waals surface area contributed by atoms with Crippen LogP contribution in [0.3, 0.4) is 0 Å². The Morgan fingerprint density at radius 2 is 2.00 bits per heavy atom. The van der Waals surface area contributed by atoms with Gasteiger partial charge in [-0.15, -0.1) is 0 Å². The number of aromatic nitrogens is 4. The van der Waals surface area contributed by atoms with Crippen molar-refractivity contribution in [3.63, 3.8) is 0 Å². The molecule has 1 aliphatic carbocycles. The van der Waals surface area contributed by atoms with E-state index in [0.29, 0.717) is 16.6 Å². The van der Waals surface area contributed by atoms with Crippen LogP contribution in [0.5, 0.6) is 0 Å². The Balaban J connectivity index is 1.72. The second kappa shape index (κ2) is 6.87. The molecule has 2 heterocycles. The number of halogens is 3. The molecule has 0 bridgehead atoms. The number of nitrogens with zero attached hydrogens (tertiary/aromatic N) is 4. The molecule has 0 amide bonds. The second-order valence-corrected chi connectivity index (χ2v) is 8.71. The van der Waals surface area contributed by atoms with E-state index < -0.39 is 21.8 Å². The van der Waals surface area contributed by atoms with E-state index in [9.17, 15) is 21.6 Å². The monoisotopic (exact) mass is 426 g/mol. The van der Waals surface area contributed by atoms with E-state index in [2.05, 4.69) is 25.7 Å². The molecule has 2 aromatic heterocycles. The van der Waals surface area contributed by atoms with E-state index in [4.69, 9.17) is 0 Å². The number of hydrogen-bond acceptors (Lipinski definition) is 7. The van der Waals surface area contributed by atoms with Gasteiger partial charge in [-0.1, -0.05) is 6.07 Å². The molecule has 2 N–H and O–H groups in total. The van der Waals surface area contributed by atoms with Gasteiger partial charge in [0.1, 0.15) is 11.4 Å². The van der Waals surface area contributed by atoms with Crippen LogP contribution in [0.15, 0.2) is 30.6 Å². The minimum absolute atomic E-state index is 0.0280. The van der Waals surface area contributed by atoms with E-state index in [1.54, 1.807) is 18.2 Å². The van der Waals surface area contributed by atoms with Crippen LogP contribution in [0.4, 0.5) is 30.6 Å². The van der Waals surface area contributed by atoms with Crippen LogP contribution >= 0.6 is 0 Å². The first-order valence-corrected chi connectivity index (χ1v) is 10.5. The number of alkyl halides is 3. The zero-order chi connectivity index (χ0) is 20.8.